The molecule has 1 aromatic carbocycles. The minimum atomic E-state index is -0.0383. The summed E-state index contributed by atoms with van der Waals surface area (Å²) in [5.41, 5.74) is 1.55. The molecule has 1 N–H and O–H groups in total. The number of rotatable bonds is 10. The molecule has 0 aliphatic carbocycles. The van der Waals surface area contributed by atoms with Gasteiger partial charge in [-0.3, -0.25) is 0 Å². The van der Waals surface area contributed by atoms with Gasteiger partial charge in [0.1, 0.15) is 0 Å². The molecule has 0 aromatic heterocycles. The third kappa shape index (κ3) is 3.94. The van der Waals surface area contributed by atoms with E-state index in [1.807, 2.05) is 6.92 Å². The fraction of sp³-hybridized carbons (Fsp3) is 0.600. The van der Waals surface area contributed by atoms with Gasteiger partial charge < -0.3 is 33.5 Å². The van der Waals surface area contributed by atoms with Crippen LogP contribution in [0.15, 0.2) is 0 Å². The van der Waals surface area contributed by atoms with E-state index in [2.05, 4.69) is 0 Å². The number of benzene rings is 1. The lowest BCUT2D eigenvalue weighted by molar-refractivity contribution is 0.0437. The molecule has 7 heteroatoms. The standard InChI is InChI=1S/C15H24O7/c1-10-11(6-7-16)13(22-9-18-3)15(20-5)14(19-4)12(10)21-8-17-2/h16H,6-9H2,1-5H3. The van der Waals surface area contributed by atoms with Crippen molar-refractivity contribution < 1.29 is 33.5 Å². The lowest BCUT2D eigenvalue weighted by Crippen LogP contribution is -2.10. The van der Waals surface area contributed by atoms with Crippen LogP contribution in [0.2, 0.25) is 0 Å². The highest BCUT2D eigenvalue weighted by molar-refractivity contribution is 5.67. The first-order valence-electron chi connectivity index (χ1n) is 6.77. The van der Waals surface area contributed by atoms with Crippen molar-refractivity contribution in [3.63, 3.8) is 0 Å². The Kier molecular flexibility index (Phi) is 7.79. The number of hydrogen-bond acceptors (Lipinski definition) is 7. The molecule has 0 aliphatic heterocycles. The zero-order chi connectivity index (χ0) is 16.5. The molecule has 0 unspecified atom stereocenters. The van der Waals surface area contributed by atoms with Gasteiger partial charge in [0, 0.05) is 32.0 Å². The zero-order valence-electron chi connectivity index (χ0n) is 13.7. The lowest BCUT2D eigenvalue weighted by Gasteiger charge is -2.22. The first-order chi connectivity index (χ1) is 10.7. The second-order valence-electron chi connectivity index (χ2n) is 4.40. The summed E-state index contributed by atoms with van der Waals surface area (Å²) in [7, 11) is 6.08. The van der Waals surface area contributed by atoms with Crippen LogP contribution in [-0.2, 0) is 15.9 Å². The molecule has 0 spiro atoms. The molecule has 0 radical (unpaired) electrons. The highest BCUT2D eigenvalue weighted by atomic mass is 16.7. The van der Waals surface area contributed by atoms with Gasteiger partial charge in [-0.1, -0.05) is 0 Å². The molecule has 0 aliphatic rings. The molecule has 0 fully saturated rings. The number of hydrogen-bond donors (Lipinski definition) is 1. The van der Waals surface area contributed by atoms with Crippen LogP contribution in [0.25, 0.3) is 0 Å². The van der Waals surface area contributed by atoms with E-state index in [1.54, 1.807) is 0 Å². The van der Waals surface area contributed by atoms with Crippen molar-refractivity contribution in [1.82, 2.24) is 0 Å². The summed E-state index contributed by atoms with van der Waals surface area (Å²) in [6.45, 7) is 1.94. The SMILES string of the molecule is COCOc1c(C)c(CCO)c(OCOC)c(OC)c1OC. The Hall–Kier alpha value is -1.70. The number of ether oxygens (including phenoxy) is 6. The van der Waals surface area contributed by atoms with Gasteiger partial charge >= 0.3 is 0 Å². The summed E-state index contributed by atoms with van der Waals surface area (Å²) >= 11 is 0. The van der Waals surface area contributed by atoms with Crippen LogP contribution in [-0.4, -0.2) is 53.7 Å². The maximum atomic E-state index is 9.33. The second kappa shape index (κ2) is 9.34. The van der Waals surface area contributed by atoms with Gasteiger partial charge in [0.15, 0.2) is 25.1 Å². The van der Waals surface area contributed by atoms with Crippen LogP contribution in [0.1, 0.15) is 11.1 Å². The van der Waals surface area contributed by atoms with Crippen LogP contribution in [0.4, 0.5) is 0 Å². The molecular formula is C15H24O7. The first-order valence-corrected chi connectivity index (χ1v) is 6.77. The summed E-state index contributed by atoms with van der Waals surface area (Å²) in [4.78, 5) is 0. The normalized spacial score (nSPS) is 10.5. The molecule has 22 heavy (non-hydrogen) atoms. The third-order valence-corrected chi connectivity index (χ3v) is 3.10. The van der Waals surface area contributed by atoms with Gasteiger partial charge in [0.2, 0.25) is 11.5 Å². The smallest absolute Gasteiger partial charge is 0.207 e. The Morgan fingerprint density at radius 3 is 1.73 bits per heavy atom. The van der Waals surface area contributed by atoms with E-state index >= 15 is 0 Å². The highest BCUT2D eigenvalue weighted by Gasteiger charge is 2.26. The Morgan fingerprint density at radius 1 is 0.773 bits per heavy atom. The summed E-state index contributed by atoms with van der Waals surface area (Å²) in [5, 5.41) is 9.33. The van der Waals surface area contributed by atoms with E-state index in [4.69, 9.17) is 28.4 Å². The molecule has 0 heterocycles. The van der Waals surface area contributed by atoms with Gasteiger partial charge in [0.05, 0.1) is 14.2 Å². The fourth-order valence-electron chi connectivity index (χ4n) is 2.17. The summed E-state index contributed by atoms with van der Waals surface area (Å²) in [6, 6.07) is 0. The minimum absolute atomic E-state index is 0.0383. The van der Waals surface area contributed by atoms with E-state index in [-0.39, 0.29) is 20.2 Å². The van der Waals surface area contributed by atoms with Gasteiger partial charge in [-0.15, -0.1) is 0 Å². The van der Waals surface area contributed by atoms with Gasteiger partial charge in [-0.05, 0) is 13.3 Å². The van der Waals surface area contributed by atoms with Crippen molar-refractivity contribution in [2.45, 2.75) is 13.3 Å². The zero-order valence-corrected chi connectivity index (χ0v) is 13.7. The Labute approximate surface area is 130 Å². The topological polar surface area (TPSA) is 75.6 Å². The molecule has 1 aromatic rings. The maximum Gasteiger partial charge on any atom is 0.207 e. The third-order valence-electron chi connectivity index (χ3n) is 3.10. The molecule has 0 saturated carbocycles. The fourth-order valence-corrected chi connectivity index (χ4v) is 2.17. The average molecular weight is 316 g/mol. The molecule has 0 bridgehead atoms. The quantitative estimate of drug-likeness (QED) is 0.656. The molecule has 7 nitrogen and oxygen atoms in total. The molecule has 126 valence electrons. The van der Waals surface area contributed by atoms with Crippen molar-refractivity contribution in [2.24, 2.45) is 0 Å². The first kappa shape index (κ1) is 18.3. The van der Waals surface area contributed by atoms with Crippen molar-refractivity contribution in [3.05, 3.63) is 11.1 Å². The van der Waals surface area contributed by atoms with Crippen LogP contribution in [0.3, 0.4) is 0 Å². The van der Waals surface area contributed by atoms with Crippen LogP contribution < -0.4 is 18.9 Å². The summed E-state index contributed by atoms with van der Waals surface area (Å²) < 4.78 is 32.0. The second-order valence-corrected chi connectivity index (χ2v) is 4.40. The molecular weight excluding hydrogens is 292 g/mol. The number of aliphatic hydroxyl groups excluding tert-OH is 1. The van der Waals surface area contributed by atoms with Crippen molar-refractivity contribution in [3.8, 4) is 23.0 Å². The highest BCUT2D eigenvalue weighted by Crippen LogP contribution is 2.49. The average Bonchev–Trinajstić information content (AvgIpc) is 2.53. The van der Waals surface area contributed by atoms with Crippen LogP contribution in [0, 0.1) is 6.92 Å². The van der Waals surface area contributed by atoms with E-state index < -0.39 is 0 Å². The Morgan fingerprint density at radius 2 is 1.27 bits per heavy atom. The number of methoxy groups -OCH3 is 4. The van der Waals surface area contributed by atoms with Crippen LogP contribution in [0.5, 0.6) is 23.0 Å². The molecule has 0 saturated heterocycles. The Bertz CT molecular complexity index is 474. The monoisotopic (exact) mass is 316 g/mol. The molecule has 0 atom stereocenters. The van der Waals surface area contributed by atoms with E-state index in [0.29, 0.717) is 29.4 Å². The van der Waals surface area contributed by atoms with E-state index in [1.165, 1.54) is 28.4 Å². The van der Waals surface area contributed by atoms with Gasteiger partial charge in [-0.25, -0.2) is 0 Å². The van der Waals surface area contributed by atoms with Crippen molar-refractivity contribution >= 4 is 0 Å². The van der Waals surface area contributed by atoms with E-state index in [9.17, 15) is 5.11 Å². The number of aliphatic hydroxyl groups is 1. The van der Waals surface area contributed by atoms with Gasteiger partial charge in [-0.2, -0.15) is 0 Å². The summed E-state index contributed by atoms with van der Waals surface area (Å²) in [5.74, 6) is 1.76. The predicted octanol–water partition coefficient (Wildman–Crippen LogP) is 1.51. The maximum absolute atomic E-state index is 9.33. The largest absolute Gasteiger partial charge is 0.490 e. The Balaban J connectivity index is 3.49. The molecule has 0 amide bonds. The summed E-state index contributed by atoms with van der Waals surface area (Å²) in [6.07, 6.45) is 0.384. The van der Waals surface area contributed by atoms with Crippen molar-refractivity contribution in [1.29, 1.82) is 0 Å². The van der Waals surface area contributed by atoms with Gasteiger partial charge in [0.25, 0.3) is 0 Å². The van der Waals surface area contributed by atoms with Crippen LogP contribution >= 0.6 is 0 Å². The molecule has 1 rings (SSSR count). The minimum Gasteiger partial charge on any atom is -0.490 e. The van der Waals surface area contributed by atoms with Crippen molar-refractivity contribution in [2.75, 3.05) is 48.6 Å². The van der Waals surface area contributed by atoms with E-state index in [0.717, 1.165) is 11.1 Å². The predicted molar refractivity (Wildman–Crippen MR) is 80.1 cm³/mol. The lowest BCUT2D eigenvalue weighted by atomic mass is 10.0.